The summed E-state index contributed by atoms with van der Waals surface area (Å²) in [5.41, 5.74) is 2.92. The van der Waals surface area contributed by atoms with Crippen LogP contribution in [0, 0.1) is 11.3 Å². The summed E-state index contributed by atoms with van der Waals surface area (Å²) in [4.78, 5) is 20.0. The minimum absolute atomic E-state index is 0.00542. The van der Waals surface area contributed by atoms with Crippen LogP contribution in [-0.2, 0) is 9.84 Å². The van der Waals surface area contributed by atoms with E-state index in [0.717, 1.165) is 5.69 Å². The molecule has 8 nitrogen and oxygen atoms in total. The molecule has 2 heterocycles. The zero-order valence-electron chi connectivity index (χ0n) is 19.8. The molecule has 2 aromatic heterocycles. The number of aromatic nitrogens is 4. The monoisotopic (exact) mass is 507 g/mol. The van der Waals surface area contributed by atoms with Crippen LogP contribution < -0.4 is 5.56 Å². The Hall–Kier alpha value is -4.81. The number of sulfone groups is 1. The SMILES string of the molecule is CCS(=O)(=O)c1ccc(-c2nn(-c3ccccc3)cc2/C=C(/C#N)c2nc3ccccc3c(=O)[nH]2)cc1. The van der Waals surface area contributed by atoms with E-state index in [0.29, 0.717) is 27.7 Å². The number of nitriles is 1. The molecule has 5 rings (SSSR count). The van der Waals surface area contributed by atoms with Gasteiger partial charge in [-0.1, -0.05) is 49.4 Å². The van der Waals surface area contributed by atoms with Crippen molar-refractivity contribution in [3.05, 3.63) is 107 Å². The van der Waals surface area contributed by atoms with Crippen LogP contribution in [0.2, 0.25) is 0 Å². The number of para-hydroxylation sites is 2. The van der Waals surface area contributed by atoms with Gasteiger partial charge in [0.15, 0.2) is 15.7 Å². The maximum absolute atomic E-state index is 12.6. The highest BCUT2D eigenvalue weighted by molar-refractivity contribution is 7.91. The molecule has 0 unspecified atom stereocenters. The number of nitrogens with zero attached hydrogens (tertiary/aromatic N) is 4. The van der Waals surface area contributed by atoms with E-state index in [4.69, 9.17) is 5.10 Å². The smallest absolute Gasteiger partial charge is 0.259 e. The number of nitrogens with one attached hydrogen (secondary N) is 1. The lowest BCUT2D eigenvalue weighted by molar-refractivity contribution is 0.597. The van der Waals surface area contributed by atoms with Crippen molar-refractivity contribution in [1.29, 1.82) is 5.26 Å². The Morgan fingerprint density at radius 1 is 1.03 bits per heavy atom. The number of allylic oxidation sites excluding steroid dienone is 1. The second-order valence-corrected chi connectivity index (χ2v) is 10.5. The maximum atomic E-state index is 12.6. The third-order valence-corrected chi connectivity index (χ3v) is 7.67. The van der Waals surface area contributed by atoms with Gasteiger partial charge in [-0.3, -0.25) is 4.79 Å². The summed E-state index contributed by atoms with van der Waals surface area (Å²) in [6, 6.07) is 25.0. The highest BCUT2D eigenvalue weighted by Crippen LogP contribution is 2.28. The van der Waals surface area contributed by atoms with E-state index in [1.807, 2.05) is 30.3 Å². The molecule has 3 aromatic carbocycles. The Bertz CT molecular complexity index is 1850. The van der Waals surface area contributed by atoms with Crippen LogP contribution in [0.5, 0.6) is 0 Å². The molecule has 0 atom stereocenters. The van der Waals surface area contributed by atoms with Gasteiger partial charge >= 0.3 is 0 Å². The summed E-state index contributed by atoms with van der Waals surface area (Å²) >= 11 is 0. The van der Waals surface area contributed by atoms with Crippen LogP contribution in [0.3, 0.4) is 0 Å². The standard InChI is InChI=1S/C28H21N5O3S/c1-2-37(35,36)23-14-12-19(13-15-23)26-21(18-33(32-26)22-8-4-3-5-9-22)16-20(17-29)27-30-25-11-7-6-10-24(25)28(34)31-27/h3-16,18H,2H2,1H3,(H,30,31,34)/b20-16-. The second kappa shape index (κ2) is 9.68. The summed E-state index contributed by atoms with van der Waals surface area (Å²) in [5.74, 6) is 0.153. The average molecular weight is 508 g/mol. The first-order chi connectivity index (χ1) is 17.9. The fourth-order valence-corrected chi connectivity index (χ4v) is 4.82. The molecular formula is C28H21N5O3S. The summed E-state index contributed by atoms with van der Waals surface area (Å²) < 4.78 is 26.2. The minimum atomic E-state index is -3.35. The topological polar surface area (TPSA) is 122 Å². The molecule has 0 saturated heterocycles. The van der Waals surface area contributed by atoms with Gasteiger partial charge in [-0.25, -0.2) is 18.1 Å². The van der Waals surface area contributed by atoms with E-state index < -0.39 is 9.84 Å². The molecule has 0 aliphatic carbocycles. The maximum Gasteiger partial charge on any atom is 0.259 e. The van der Waals surface area contributed by atoms with Gasteiger partial charge in [0.1, 0.15) is 6.07 Å². The van der Waals surface area contributed by atoms with Gasteiger partial charge < -0.3 is 4.98 Å². The third kappa shape index (κ3) is 4.70. The van der Waals surface area contributed by atoms with Crippen molar-refractivity contribution in [3.8, 4) is 23.0 Å². The summed E-state index contributed by atoms with van der Waals surface area (Å²) in [6.07, 6.45) is 3.39. The van der Waals surface area contributed by atoms with Gasteiger partial charge in [0.2, 0.25) is 0 Å². The van der Waals surface area contributed by atoms with Crippen LogP contribution >= 0.6 is 0 Å². The van der Waals surface area contributed by atoms with E-state index in [2.05, 4.69) is 16.0 Å². The van der Waals surface area contributed by atoms with Gasteiger partial charge in [0.05, 0.1) is 38.5 Å². The van der Waals surface area contributed by atoms with Crippen molar-refractivity contribution in [1.82, 2.24) is 19.7 Å². The number of aromatic amines is 1. The molecule has 0 aliphatic rings. The van der Waals surface area contributed by atoms with Gasteiger partial charge in [-0.05, 0) is 42.5 Å². The Labute approximate surface area is 213 Å². The number of hydrogen-bond donors (Lipinski definition) is 1. The number of benzene rings is 3. The number of H-pyrrole nitrogens is 1. The van der Waals surface area contributed by atoms with Crippen molar-refractivity contribution in [2.45, 2.75) is 11.8 Å². The molecule has 0 spiro atoms. The lowest BCUT2D eigenvalue weighted by Crippen LogP contribution is -2.11. The molecule has 182 valence electrons. The van der Waals surface area contributed by atoms with Gasteiger partial charge in [0, 0.05) is 17.3 Å². The zero-order valence-corrected chi connectivity index (χ0v) is 20.6. The highest BCUT2D eigenvalue weighted by Gasteiger charge is 2.16. The molecule has 0 radical (unpaired) electrons. The molecule has 0 bridgehead atoms. The first-order valence-corrected chi connectivity index (χ1v) is 13.1. The molecule has 9 heteroatoms. The van der Waals surface area contributed by atoms with Crippen molar-refractivity contribution < 1.29 is 8.42 Å². The first kappa shape index (κ1) is 23.9. The molecule has 0 fully saturated rings. The zero-order chi connectivity index (χ0) is 26.0. The van der Waals surface area contributed by atoms with E-state index in [-0.39, 0.29) is 27.6 Å². The Morgan fingerprint density at radius 3 is 2.43 bits per heavy atom. The van der Waals surface area contributed by atoms with Crippen molar-refractivity contribution in [2.75, 3.05) is 5.75 Å². The highest BCUT2D eigenvalue weighted by atomic mass is 32.2. The molecule has 0 aliphatic heterocycles. The summed E-state index contributed by atoms with van der Waals surface area (Å²) in [6.45, 7) is 1.60. The molecular weight excluding hydrogens is 486 g/mol. The number of hydrogen-bond acceptors (Lipinski definition) is 6. The summed E-state index contributed by atoms with van der Waals surface area (Å²) in [7, 11) is -3.35. The van der Waals surface area contributed by atoms with Gasteiger partial charge in [-0.2, -0.15) is 10.4 Å². The lowest BCUT2D eigenvalue weighted by atomic mass is 10.1. The number of rotatable bonds is 6. The van der Waals surface area contributed by atoms with Gasteiger partial charge in [-0.15, -0.1) is 0 Å². The fourth-order valence-electron chi connectivity index (χ4n) is 3.94. The lowest BCUT2D eigenvalue weighted by Gasteiger charge is -2.04. The Morgan fingerprint density at radius 2 is 1.73 bits per heavy atom. The van der Waals surface area contributed by atoms with E-state index >= 15 is 0 Å². The predicted octanol–water partition coefficient (Wildman–Crippen LogP) is 4.63. The van der Waals surface area contributed by atoms with Crippen LogP contribution in [0.15, 0.2) is 94.7 Å². The molecule has 0 saturated carbocycles. The largest absolute Gasteiger partial charge is 0.305 e. The van der Waals surface area contributed by atoms with E-state index in [9.17, 15) is 18.5 Å². The quantitative estimate of drug-likeness (QED) is 0.334. The molecule has 0 amide bonds. The molecule has 5 aromatic rings. The van der Waals surface area contributed by atoms with Crippen LogP contribution in [-0.4, -0.2) is 33.9 Å². The van der Waals surface area contributed by atoms with E-state index in [1.165, 1.54) is 0 Å². The minimum Gasteiger partial charge on any atom is -0.305 e. The normalized spacial score (nSPS) is 11.9. The van der Waals surface area contributed by atoms with Crippen molar-refractivity contribution in [3.63, 3.8) is 0 Å². The van der Waals surface area contributed by atoms with E-state index in [1.54, 1.807) is 72.4 Å². The predicted molar refractivity (Wildman–Crippen MR) is 143 cm³/mol. The second-order valence-electron chi connectivity index (χ2n) is 8.24. The Balaban J connectivity index is 1.67. The first-order valence-electron chi connectivity index (χ1n) is 11.5. The van der Waals surface area contributed by atoms with Crippen molar-refractivity contribution >= 4 is 32.4 Å². The van der Waals surface area contributed by atoms with Crippen LogP contribution in [0.25, 0.3) is 39.5 Å². The van der Waals surface area contributed by atoms with Crippen molar-refractivity contribution in [2.24, 2.45) is 0 Å². The number of fused-ring (bicyclic) bond motifs is 1. The average Bonchev–Trinajstić information content (AvgIpc) is 3.36. The summed E-state index contributed by atoms with van der Waals surface area (Å²) in [5, 5.41) is 15.1. The molecule has 37 heavy (non-hydrogen) atoms. The third-order valence-electron chi connectivity index (χ3n) is 5.92. The van der Waals surface area contributed by atoms with Crippen LogP contribution in [0.1, 0.15) is 18.3 Å². The Kier molecular flexibility index (Phi) is 6.26. The van der Waals surface area contributed by atoms with Crippen LogP contribution in [0.4, 0.5) is 0 Å². The molecule has 1 N–H and O–H groups in total. The van der Waals surface area contributed by atoms with Gasteiger partial charge in [0.25, 0.3) is 5.56 Å². The fraction of sp³-hybridized carbons (Fsp3) is 0.0714.